The molecule has 2 N–H and O–H groups in total. The normalized spacial score (nSPS) is 14.7. The van der Waals surface area contributed by atoms with Gasteiger partial charge in [0, 0.05) is 12.2 Å². The van der Waals surface area contributed by atoms with E-state index in [0.717, 1.165) is 22.4 Å². The lowest BCUT2D eigenvalue weighted by Gasteiger charge is -2.17. The Labute approximate surface area is 146 Å². The molecule has 2 amide bonds. The quantitative estimate of drug-likeness (QED) is 0.819. The third kappa shape index (κ3) is 3.71. The highest BCUT2D eigenvalue weighted by Crippen LogP contribution is 2.47. The molecule has 1 aliphatic carbocycles. The average molecular weight is 340 g/mol. The number of hydrogen-bond acceptors (Lipinski definition) is 2. The van der Waals surface area contributed by atoms with Crippen molar-refractivity contribution in [3.8, 4) is 0 Å². The first-order chi connectivity index (χ1) is 11.9. The third-order valence-electron chi connectivity index (χ3n) is 4.62. The fourth-order valence-electron chi connectivity index (χ4n) is 2.83. The summed E-state index contributed by atoms with van der Waals surface area (Å²) in [6.45, 7) is 4.19. The fraction of sp³-hybridized carbons (Fsp3) is 0.300. The highest BCUT2D eigenvalue weighted by molar-refractivity contribution is 6.13. The van der Waals surface area contributed by atoms with Crippen molar-refractivity contribution in [1.82, 2.24) is 5.32 Å². The van der Waals surface area contributed by atoms with E-state index in [9.17, 15) is 14.0 Å². The number of carbonyl (C=O) groups excluding carboxylic acids is 2. The van der Waals surface area contributed by atoms with Crippen LogP contribution >= 0.6 is 0 Å². The molecule has 130 valence electrons. The van der Waals surface area contributed by atoms with Gasteiger partial charge in [-0.05, 0) is 56.0 Å². The second-order valence-corrected chi connectivity index (χ2v) is 6.66. The van der Waals surface area contributed by atoms with Crippen LogP contribution < -0.4 is 10.6 Å². The van der Waals surface area contributed by atoms with Crippen LogP contribution in [0.15, 0.2) is 42.5 Å². The summed E-state index contributed by atoms with van der Waals surface area (Å²) in [4.78, 5) is 25.1. The zero-order chi connectivity index (χ0) is 18.0. The van der Waals surface area contributed by atoms with Gasteiger partial charge in [0.2, 0.25) is 11.8 Å². The van der Waals surface area contributed by atoms with Crippen molar-refractivity contribution in [2.75, 3.05) is 5.32 Å². The molecule has 2 aromatic rings. The number of benzene rings is 2. The molecule has 0 radical (unpaired) electrons. The summed E-state index contributed by atoms with van der Waals surface area (Å²) >= 11 is 0. The SMILES string of the molecule is Cc1ccc(NC(=O)C2(C(=O)NCc3ccc(F)cc3)CC2)c(C)c1. The van der Waals surface area contributed by atoms with Gasteiger partial charge in [0.15, 0.2) is 0 Å². The molecule has 1 fully saturated rings. The Morgan fingerprint density at radius 1 is 1.04 bits per heavy atom. The van der Waals surface area contributed by atoms with Crippen molar-refractivity contribution in [2.24, 2.45) is 5.41 Å². The van der Waals surface area contributed by atoms with Crippen LogP contribution in [0.5, 0.6) is 0 Å². The Kier molecular flexibility index (Phi) is 4.57. The zero-order valence-corrected chi connectivity index (χ0v) is 14.4. The lowest BCUT2D eigenvalue weighted by Crippen LogP contribution is -2.39. The smallest absolute Gasteiger partial charge is 0.240 e. The molecule has 0 spiro atoms. The van der Waals surface area contributed by atoms with Gasteiger partial charge in [0.25, 0.3) is 0 Å². The zero-order valence-electron chi connectivity index (χ0n) is 14.4. The average Bonchev–Trinajstić information content (AvgIpc) is 3.38. The molecule has 0 atom stereocenters. The lowest BCUT2D eigenvalue weighted by molar-refractivity contribution is -0.134. The molecule has 0 aromatic heterocycles. The maximum Gasteiger partial charge on any atom is 0.240 e. The number of amides is 2. The van der Waals surface area contributed by atoms with Crippen LogP contribution in [0, 0.1) is 25.1 Å². The molecule has 2 aromatic carbocycles. The second kappa shape index (κ2) is 6.67. The van der Waals surface area contributed by atoms with E-state index in [2.05, 4.69) is 10.6 Å². The van der Waals surface area contributed by atoms with Gasteiger partial charge in [0.05, 0.1) is 0 Å². The van der Waals surface area contributed by atoms with Crippen molar-refractivity contribution in [2.45, 2.75) is 33.2 Å². The van der Waals surface area contributed by atoms with E-state index in [4.69, 9.17) is 0 Å². The third-order valence-corrected chi connectivity index (χ3v) is 4.62. The Morgan fingerprint density at radius 2 is 1.72 bits per heavy atom. The number of carbonyl (C=O) groups is 2. The molecule has 0 unspecified atom stereocenters. The van der Waals surface area contributed by atoms with E-state index in [1.54, 1.807) is 12.1 Å². The summed E-state index contributed by atoms with van der Waals surface area (Å²) in [5, 5.41) is 5.67. The van der Waals surface area contributed by atoms with E-state index in [1.807, 2.05) is 32.0 Å². The van der Waals surface area contributed by atoms with Gasteiger partial charge in [-0.1, -0.05) is 29.8 Å². The first kappa shape index (κ1) is 17.1. The van der Waals surface area contributed by atoms with Gasteiger partial charge in [-0.2, -0.15) is 0 Å². The first-order valence-corrected chi connectivity index (χ1v) is 8.32. The number of aryl methyl sites for hydroxylation is 2. The summed E-state index contributed by atoms with van der Waals surface area (Å²) in [5.41, 5.74) is 2.62. The number of hydrogen-bond donors (Lipinski definition) is 2. The summed E-state index contributed by atoms with van der Waals surface area (Å²) in [6.07, 6.45) is 1.08. The van der Waals surface area contributed by atoms with Crippen molar-refractivity contribution < 1.29 is 14.0 Å². The molecule has 25 heavy (non-hydrogen) atoms. The number of anilines is 1. The second-order valence-electron chi connectivity index (χ2n) is 6.66. The summed E-state index contributed by atoms with van der Waals surface area (Å²) in [6, 6.07) is 11.7. The van der Waals surface area contributed by atoms with E-state index >= 15 is 0 Å². The summed E-state index contributed by atoms with van der Waals surface area (Å²) in [7, 11) is 0. The highest BCUT2D eigenvalue weighted by atomic mass is 19.1. The van der Waals surface area contributed by atoms with Gasteiger partial charge in [-0.3, -0.25) is 9.59 Å². The number of halogens is 1. The van der Waals surface area contributed by atoms with E-state index in [0.29, 0.717) is 12.8 Å². The van der Waals surface area contributed by atoms with E-state index in [-0.39, 0.29) is 24.2 Å². The number of nitrogens with one attached hydrogen (secondary N) is 2. The van der Waals surface area contributed by atoms with Crippen molar-refractivity contribution in [1.29, 1.82) is 0 Å². The summed E-state index contributed by atoms with van der Waals surface area (Å²) in [5.74, 6) is -0.864. The minimum absolute atomic E-state index is 0.268. The Bertz CT molecular complexity index is 811. The first-order valence-electron chi connectivity index (χ1n) is 8.32. The Hall–Kier alpha value is -2.69. The molecule has 0 bridgehead atoms. The van der Waals surface area contributed by atoms with Gasteiger partial charge >= 0.3 is 0 Å². The molecule has 0 saturated heterocycles. The predicted octanol–water partition coefficient (Wildman–Crippen LogP) is 3.48. The topological polar surface area (TPSA) is 58.2 Å². The summed E-state index contributed by atoms with van der Waals surface area (Å²) < 4.78 is 12.9. The van der Waals surface area contributed by atoms with Gasteiger partial charge in [-0.25, -0.2) is 4.39 Å². The minimum Gasteiger partial charge on any atom is -0.351 e. The van der Waals surface area contributed by atoms with Crippen molar-refractivity contribution >= 4 is 17.5 Å². The van der Waals surface area contributed by atoms with Crippen LogP contribution in [0.25, 0.3) is 0 Å². The van der Waals surface area contributed by atoms with Crippen LogP contribution in [-0.2, 0) is 16.1 Å². The van der Waals surface area contributed by atoms with Crippen molar-refractivity contribution in [3.63, 3.8) is 0 Å². The van der Waals surface area contributed by atoms with Crippen LogP contribution in [0.4, 0.5) is 10.1 Å². The van der Waals surface area contributed by atoms with Gasteiger partial charge in [0.1, 0.15) is 11.2 Å². The predicted molar refractivity (Wildman–Crippen MR) is 94.5 cm³/mol. The molecule has 0 heterocycles. The van der Waals surface area contributed by atoms with Crippen LogP contribution in [0.3, 0.4) is 0 Å². The lowest BCUT2D eigenvalue weighted by atomic mass is 10.0. The Morgan fingerprint density at radius 3 is 2.32 bits per heavy atom. The molecular weight excluding hydrogens is 319 g/mol. The standard InChI is InChI=1S/C20H21FN2O2/c1-13-3-8-17(14(2)11-13)23-19(25)20(9-10-20)18(24)22-12-15-4-6-16(21)7-5-15/h3-8,11H,9-10,12H2,1-2H3,(H,22,24)(H,23,25). The largest absolute Gasteiger partial charge is 0.351 e. The molecule has 1 aliphatic rings. The maximum absolute atomic E-state index is 12.9. The molecule has 3 rings (SSSR count). The molecule has 0 aliphatic heterocycles. The Balaban J connectivity index is 1.63. The monoisotopic (exact) mass is 340 g/mol. The highest BCUT2D eigenvalue weighted by Gasteiger charge is 2.56. The van der Waals surface area contributed by atoms with E-state index < -0.39 is 5.41 Å². The van der Waals surface area contributed by atoms with Crippen molar-refractivity contribution in [3.05, 3.63) is 65.0 Å². The van der Waals surface area contributed by atoms with E-state index in [1.165, 1.54) is 12.1 Å². The molecular formula is C20H21FN2O2. The maximum atomic E-state index is 12.9. The van der Waals surface area contributed by atoms with Gasteiger partial charge in [-0.15, -0.1) is 0 Å². The molecule has 4 nitrogen and oxygen atoms in total. The minimum atomic E-state index is -0.989. The van der Waals surface area contributed by atoms with Gasteiger partial charge < -0.3 is 10.6 Å². The van der Waals surface area contributed by atoms with Crippen LogP contribution in [0.1, 0.15) is 29.5 Å². The fourth-order valence-corrected chi connectivity index (χ4v) is 2.83. The number of rotatable bonds is 5. The van der Waals surface area contributed by atoms with Crippen LogP contribution in [0.2, 0.25) is 0 Å². The van der Waals surface area contributed by atoms with Crippen LogP contribution in [-0.4, -0.2) is 11.8 Å². The molecule has 5 heteroatoms. The molecule has 1 saturated carbocycles.